The number of nitrogens with one attached hydrogen (secondary N) is 3. The minimum absolute atomic E-state index is 0.0473. The lowest BCUT2D eigenvalue weighted by Crippen LogP contribution is -2.62. The molecular weight excluding hydrogens is 598 g/mol. The molecule has 0 radical (unpaired) electrons. The van der Waals surface area contributed by atoms with Gasteiger partial charge in [-0.1, -0.05) is 74.5 Å². The maximum absolute atomic E-state index is 13.7. The fourth-order valence-corrected chi connectivity index (χ4v) is 5.52. The highest BCUT2D eigenvalue weighted by atomic mass is 32.2. The van der Waals surface area contributed by atoms with E-state index in [1.165, 1.54) is 13.8 Å². The Morgan fingerprint density at radius 2 is 1.47 bits per heavy atom. The molecule has 0 aromatic heterocycles. The van der Waals surface area contributed by atoms with Crippen molar-refractivity contribution in [1.82, 2.24) is 16.0 Å². The maximum atomic E-state index is 13.7. The number of hydrogen-bond donors (Lipinski definition) is 3. The second-order valence-corrected chi connectivity index (χ2v) is 15.2. The van der Waals surface area contributed by atoms with Crippen LogP contribution in [0.4, 0.5) is 4.79 Å². The lowest BCUT2D eigenvalue weighted by molar-refractivity contribution is -0.124. The van der Waals surface area contributed by atoms with Crippen LogP contribution in [0.5, 0.6) is 0 Å². The van der Waals surface area contributed by atoms with Gasteiger partial charge in [-0.05, 0) is 45.6 Å². The topological polar surface area (TPSA) is 160 Å². The number of ketones is 1. The van der Waals surface area contributed by atoms with E-state index in [2.05, 4.69) is 16.0 Å². The number of benzene rings is 2. The van der Waals surface area contributed by atoms with E-state index in [1.54, 1.807) is 38.1 Å². The van der Waals surface area contributed by atoms with Crippen LogP contribution >= 0.6 is 0 Å². The highest BCUT2D eigenvalue weighted by molar-refractivity contribution is 7.92. The minimum Gasteiger partial charge on any atom is -0.447 e. The van der Waals surface area contributed by atoms with Crippen molar-refractivity contribution in [2.45, 2.75) is 95.6 Å². The van der Waals surface area contributed by atoms with Crippen LogP contribution < -0.4 is 16.0 Å². The van der Waals surface area contributed by atoms with Gasteiger partial charge in [0.05, 0.1) is 35.5 Å². The zero-order chi connectivity index (χ0) is 33.5. The highest BCUT2D eigenvalue weighted by Gasteiger charge is 2.50. The molecule has 2 aromatic carbocycles. The van der Waals surface area contributed by atoms with E-state index >= 15 is 0 Å². The third-order valence-corrected chi connectivity index (χ3v) is 10.0. The first-order valence-electron chi connectivity index (χ1n) is 15.1. The zero-order valence-electron chi connectivity index (χ0n) is 26.9. The number of rotatable bonds is 15. The summed E-state index contributed by atoms with van der Waals surface area (Å²) in [6.07, 6.45) is -1.29. The molecular formula is C33H45N3O8S. The quantitative estimate of drug-likeness (QED) is 0.197. The summed E-state index contributed by atoms with van der Waals surface area (Å²) < 4.78 is 34.7. The molecule has 0 aliphatic carbocycles. The summed E-state index contributed by atoms with van der Waals surface area (Å²) in [4.78, 5) is 52.4. The molecule has 1 aliphatic rings. The van der Waals surface area contributed by atoms with Crippen LogP contribution in [0.1, 0.15) is 63.9 Å². The number of amides is 3. The normalized spacial score (nSPS) is 18.4. The number of carbonyl (C=O) groups is 4. The van der Waals surface area contributed by atoms with Gasteiger partial charge in [-0.3, -0.25) is 14.4 Å². The molecule has 3 N–H and O–H groups in total. The first-order valence-corrected chi connectivity index (χ1v) is 17.0. The molecule has 1 heterocycles. The van der Waals surface area contributed by atoms with Crippen LogP contribution in [-0.4, -0.2) is 79.5 Å². The Kier molecular flexibility index (Phi) is 11.9. The van der Waals surface area contributed by atoms with Gasteiger partial charge in [0.2, 0.25) is 11.8 Å². The highest BCUT2D eigenvalue weighted by Crippen LogP contribution is 2.31. The molecule has 2 aromatic rings. The Morgan fingerprint density at radius 3 is 2.00 bits per heavy atom. The van der Waals surface area contributed by atoms with Gasteiger partial charge in [-0.25, -0.2) is 13.2 Å². The van der Waals surface area contributed by atoms with Crippen molar-refractivity contribution in [2.24, 2.45) is 5.92 Å². The van der Waals surface area contributed by atoms with Crippen molar-refractivity contribution in [3.63, 3.8) is 0 Å². The molecule has 11 nitrogen and oxygen atoms in total. The number of epoxide rings is 1. The van der Waals surface area contributed by atoms with E-state index in [0.717, 1.165) is 11.8 Å². The summed E-state index contributed by atoms with van der Waals surface area (Å²) in [5.41, 5.74) is 1.38. The molecule has 1 fully saturated rings. The third kappa shape index (κ3) is 9.86. The summed E-state index contributed by atoms with van der Waals surface area (Å²) in [5, 5.41) is 8.16. The van der Waals surface area contributed by atoms with Crippen LogP contribution in [-0.2, 0) is 35.3 Å². The largest absolute Gasteiger partial charge is 0.447 e. The number of carbonyl (C=O) groups excluding carboxylic acids is 4. The van der Waals surface area contributed by atoms with Crippen molar-refractivity contribution in [3.8, 4) is 0 Å². The van der Waals surface area contributed by atoms with E-state index in [0.29, 0.717) is 12.0 Å². The smallest absolute Gasteiger partial charge is 0.408 e. The van der Waals surface area contributed by atoms with Crippen LogP contribution in [0.2, 0.25) is 0 Å². The lowest BCUT2D eigenvalue weighted by Gasteiger charge is -2.33. The molecule has 0 spiro atoms. The van der Waals surface area contributed by atoms with E-state index in [-0.39, 0.29) is 24.0 Å². The number of alkyl carbamates (subject to hydrolysis) is 1. The average molecular weight is 644 g/mol. The van der Waals surface area contributed by atoms with E-state index in [1.807, 2.05) is 50.2 Å². The molecule has 12 heteroatoms. The number of hydrogen-bond acceptors (Lipinski definition) is 8. The Bertz CT molecular complexity index is 1440. The maximum Gasteiger partial charge on any atom is 0.408 e. The van der Waals surface area contributed by atoms with Crippen LogP contribution in [0.15, 0.2) is 60.7 Å². The van der Waals surface area contributed by atoms with Gasteiger partial charge in [0.25, 0.3) is 0 Å². The van der Waals surface area contributed by atoms with Gasteiger partial charge in [0.1, 0.15) is 12.1 Å². The predicted octanol–water partition coefficient (Wildman–Crippen LogP) is 3.22. The van der Waals surface area contributed by atoms with E-state index in [4.69, 9.17) is 9.47 Å². The standard InChI is InChI=1S/C33H45N3O8S/c1-20(2)27(28(38)23-16-12-9-13-17-23)35-26(37)19-25-29(44-25)24(18-22-14-10-8-11-15-22)34-31(39)30(33(5,6)45(7,41)42)36-32(40)43-21(3)4/h8-17,20-21,24-25,27,29-30H,18-19H2,1-7H3,(H,34,39)(H,35,37)(H,36,40)/t24-,25+,27+,29+,30+/m0/s1. The molecule has 0 saturated carbocycles. The number of sulfone groups is 1. The molecule has 0 unspecified atom stereocenters. The monoisotopic (exact) mass is 643 g/mol. The van der Waals surface area contributed by atoms with Crippen LogP contribution in [0.25, 0.3) is 0 Å². The van der Waals surface area contributed by atoms with Crippen LogP contribution in [0.3, 0.4) is 0 Å². The Morgan fingerprint density at radius 1 is 0.889 bits per heavy atom. The first kappa shape index (κ1) is 35.7. The van der Waals surface area contributed by atoms with Crippen molar-refractivity contribution < 1.29 is 37.1 Å². The molecule has 1 aliphatic heterocycles. The Hall–Kier alpha value is -3.77. The SMILES string of the molecule is CC(C)OC(=O)N[C@H](C(=O)N[C@@H](Cc1ccccc1)[C@H]1O[C@@H]1CC(=O)N[C@@H](C(=O)c1ccccc1)C(C)C)C(C)(C)S(C)(=O)=O. The van der Waals surface area contributed by atoms with Gasteiger partial charge in [0, 0.05) is 11.8 Å². The molecule has 3 amide bonds. The summed E-state index contributed by atoms with van der Waals surface area (Å²) in [5.74, 6) is -1.46. The van der Waals surface area contributed by atoms with Gasteiger partial charge < -0.3 is 25.4 Å². The molecule has 0 bridgehead atoms. The summed E-state index contributed by atoms with van der Waals surface area (Å²) in [6.45, 7) is 9.69. The number of Topliss-reactive ketones (excluding diaryl/α,β-unsaturated/α-hetero) is 1. The summed E-state index contributed by atoms with van der Waals surface area (Å²) in [6, 6.07) is 15.2. The summed E-state index contributed by atoms with van der Waals surface area (Å²) >= 11 is 0. The van der Waals surface area contributed by atoms with Crippen molar-refractivity contribution in [3.05, 3.63) is 71.8 Å². The minimum atomic E-state index is -3.84. The summed E-state index contributed by atoms with van der Waals surface area (Å²) in [7, 11) is -3.84. The fourth-order valence-electron chi connectivity index (χ4n) is 4.93. The zero-order valence-corrected chi connectivity index (χ0v) is 27.7. The Balaban J connectivity index is 1.78. The van der Waals surface area contributed by atoms with Crippen molar-refractivity contribution in [2.75, 3.05) is 6.26 Å². The van der Waals surface area contributed by atoms with Gasteiger partial charge in [-0.15, -0.1) is 0 Å². The predicted molar refractivity (Wildman–Crippen MR) is 170 cm³/mol. The van der Waals surface area contributed by atoms with Gasteiger partial charge in [0.15, 0.2) is 15.6 Å². The Labute approximate surface area is 265 Å². The van der Waals surface area contributed by atoms with E-state index in [9.17, 15) is 27.6 Å². The number of ether oxygens (including phenoxy) is 2. The third-order valence-electron chi connectivity index (χ3n) is 7.87. The molecule has 3 rings (SSSR count). The van der Waals surface area contributed by atoms with Crippen molar-refractivity contribution in [1.29, 1.82) is 0 Å². The van der Waals surface area contributed by atoms with E-state index < -0.39 is 63.0 Å². The molecule has 45 heavy (non-hydrogen) atoms. The second-order valence-electron chi connectivity index (χ2n) is 12.6. The molecule has 246 valence electrons. The first-order chi connectivity index (χ1) is 21.0. The molecule has 5 atom stereocenters. The van der Waals surface area contributed by atoms with Gasteiger partial charge >= 0.3 is 6.09 Å². The van der Waals surface area contributed by atoms with Gasteiger partial charge in [-0.2, -0.15) is 0 Å². The fraction of sp³-hybridized carbons (Fsp3) is 0.515. The van der Waals surface area contributed by atoms with Crippen LogP contribution in [0, 0.1) is 5.92 Å². The van der Waals surface area contributed by atoms with Crippen molar-refractivity contribution >= 4 is 33.5 Å². The lowest BCUT2D eigenvalue weighted by atomic mass is 9.94. The molecule has 1 saturated heterocycles. The average Bonchev–Trinajstić information content (AvgIpc) is 3.72. The second kappa shape index (κ2) is 15.0.